The number of hydrogen-bond donors (Lipinski definition) is 2. The molecule has 0 aliphatic heterocycles. The minimum atomic E-state index is -3.16. The predicted octanol–water partition coefficient (Wildman–Crippen LogP) is 4.41. The topological polar surface area (TPSA) is 79.8 Å². The zero-order valence-corrected chi connectivity index (χ0v) is 21.3. The number of halogens is 1. The van der Waals surface area contributed by atoms with E-state index in [1.807, 2.05) is 66.7 Å². The SMILES string of the molecule is CN=C(NCCc1ccc(S(C)(=O)=O)cc1)NCc1ccc(Oc2ccccc2)cc1.I. The first-order valence-electron chi connectivity index (χ1n) is 9.99. The van der Waals surface area contributed by atoms with Crippen molar-refractivity contribution >= 4 is 39.8 Å². The third kappa shape index (κ3) is 8.16. The molecule has 0 unspecified atom stereocenters. The number of hydrogen-bond acceptors (Lipinski definition) is 4. The first-order valence-corrected chi connectivity index (χ1v) is 11.9. The summed E-state index contributed by atoms with van der Waals surface area (Å²) in [5.74, 6) is 2.31. The molecule has 8 heteroatoms. The van der Waals surface area contributed by atoms with E-state index in [9.17, 15) is 8.42 Å². The lowest BCUT2D eigenvalue weighted by molar-refractivity contribution is 0.482. The van der Waals surface area contributed by atoms with Gasteiger partial charge >= 0.3 is 0 Å². The van der Waals surface area contributed by atoms with Gasteiger partial charge in [-0.15, -0.1) is 24.0 Å². The molecule has 0 aromatic heterocycles. The van der Waals surface area contributed by atoms with Crippen LogP contribution in [0.25, 0.3) is 0 Å². The highest BCUT2D eigenvalue weighted by Gasteiger charge is 2.06. The monoisotopic (exact) mass is 565 g/mol. The van der Waals surface area contributed by atoms with Crippen molar-refractivity contribution in [3.63, 3.8) is 0 Å². The van der Waals surface area contributed by atoms with E-state index in [1.54, 1.807) is 19.2 Å². The summed E-state index contributed by atoms with van der Waals surface area (Å²) in [5.41, 5.74) is 2.17. The van der Waals surface area contributed by atoms with Gasteiger partial charge < -0.3 is 15.4 Å². The van der Waals surface area contributed by atoms with Gasteiger partial charge in [0.2, 0.25) is 0 Å². The molecule has 0 aliphatic carbocycles. The molecule has 3 rings (SSSR count). The van der Waals surface area contributed by atoms with Gasteiger partial charge in [0.1, 0.15) is 11.5 Å². The molecule has 0 saturated carbocycles. The van der Waals surface area contributed by atoms with Crippen LogP contribution in [0.3, 0.4) is 0 Å². The van der Waals surface area contributed by atoms with E-state index in [0.717, 1.165) is 29.0 Å². The molecule has 32 heavy (non-hydrogen) atoms. The van der Waals surface area contributed by atoms with Gasteiger partial charge in [-0.25, -0.2) is 8.42 Å². The summed E-state index contributed by atoms with van der Waals surface area (Å²) in [6.45, 7) is 1.32. The Labute approximate surface area is 207 Å². The lowest BCUT2D eigenvalue weighted by atomic mass is 10.1. The van der Waals surface area contributed by atoms with Gasteiger partial charge in [-0.05, 0) is 53.9 Å². The van der Waals surface area contributed by atoms with Crippen molar-refractivity contribution in [1.29, 1.82) is 0 Å². The molecule has 0 atom stereocenters. The van der Waals surface area contributed by atoms with E-state index in [-0.39, 0.29) is 24.0 Å². The second-order valence-corrected chi connectivity index (χ2v) is 9.09. The zero-order chi connectivity index (χ0) is 22.1. The third-order valence-corrected chi connectivity index (χ3v) is 5.77. The van der Waals surface area contributed by atoms with Crippen LogP contribution in [0.15, 0.2) is 88.8 Å². The summed E-state index contributed by atoms with van der Waals surface area (Å²) >= 11 is 0. The number of nitrogens with zero attached hydrogens (tertiary/aromatic N) is 1. The molecule has 0 radical (unpaired) electrons. The number of rotatable bonds is 8. The van der Waals surface area contributed by atoms with Gasteiger partial charge in [0.15, 0.2) is 15.8 Å². The van der Waals surface area contributed by atoms with E-state index in [4.69, 9.17) is 4.74 Å². The lowest BCUT2D eigenvalue weighted by Gasteiger charge is -2.12. The molecule has 2 N–H and O–H groups in total. The molecule has 3 aromatic rings. The van der Waals surface area contributed by atoms with Gasteiger partial charge in [0.05, 0.1) is 4.90 Å². The van der Waals surface area contributed by atoms with Crippen LogP contribution in [-0.4, -0.2) is 34.2 Å². The van der Waals surface area contributed by atoms with Crippen LogP contribution < -0.4 is 15.4 Å². The Kier molecular flexibility index (Phi) is 9.98. The second kappa shape index (κ2) is 12.4. The highest BCUT2D eigenvalue weighted by molar-refractivity contribution is 14.0. The number of nitrogens with one attached hydrogen (secondary N) is 2. The van der Waals surface area contributed by atoms with E-state index in [1.165, 1.54) is 6.26 Å². The maximum atomic E-state index is 11.5. The Hall–Kier alpha value is -2.59. The number of guanidine groups is 1. The number of sulfone groups is 1. The summed E-state index contributed by atoms with van der Waals surface area (Å²) in [6.07, 6.45) is 1.97. The minimum absolute atomic E-state index is 0. The Balaban J connectivity index is 0.00000363. The molecule has 6 nitrogen and oxygen atoms in total. The fraction of sp³-hybridized carbons (Fsp3) is 0.208. The summed E-state index contributed by atoms with van der Waals surface area (Å²) in [4.78, 5) is 4.58. The van der Waals surface area contributed by atoms with Crippen molar-refractivity contribution in [3.05, 3.63) is 90.0 Å². The molecular weight excluding hydrogens is 537 g/mol. The summed E-state index contributed by atoms with van der Waals surface area (Å²) in [7, 11) is -1.43. The largest absolute Gasteiger partial charge is 0.457 e. The number of benzene rings is 3. The Morgan fingerprint density at radius 3 is 2.03 bits per heavy atom. The van der Waals surface area contributed by atoms with Crippen LogP contribution >= 0.6 is 24.0 Å². The van der Waals surface area contributed by atoms with Crippen LogP contribution in [0.2, 0.25) is 0 Å². The zero-order valence-electron chi connectivity index (χ0n) is 18.1. The van der Waals surface area contributed by atoms with E-state index in [2.05, 4.69) is 15.6 Å². The van der Waals surface area contributed by atoms with E-state index >= 15 is 0 Å². The molecular formula is C24H28IN3O3S. The van der Waals surface area contributed by atoms with Crippen LogP contribution in [-0.2, 0) is 22.8 Å². The van der Waals surface area contributed by atoms with Crippen LogP contribution in [0.4, 0.5) is 0 Å². The first kappa shape index (κ1) is 25.7. The summed E-state index contributed by atoms with van der Waals surface area (Å²) in [5, 5.41) is 6.56. The van der Waals surface area contributed by atoms with Crippen LogP contribution in [0.1, 0.15) is 11.1 Å². The van der Waals surface area contributed by atoms with Gasteiger partial charge in [0, 0.05) is 26.4 Å². The van der Waals surface area contributed by atoms with Crippen LogP contribution in [0, 0.1) is 0 Å². The number of ether oxygens (including phenoxy) is 1. The maximum absolute atomic E-state index is 11.5. The summed E-state index contributed by atoms with van der Waals surface area (Å²) in [6, 6.07) is 24.6. The normalized spacial score (nSPS) is 11.4. The molecule has 0 fully saturated rings. The lowest BCUT2D eigenvalue weighted by Crippen LogP contribution is -2.37. The van der Waals surface area contributed by atoms with Gasteiger partial charge in [-0.1, -0.05) is 42.5 Å². The fourth-order valence-electron chi connectivity index (χ4n) is 2.93. The van der Waals surface area contributed by atoms with Crippen LogP contribution in [0.5, 0.6) is 11.5 Å². The Morgan fingerprint density at radius 1 is 0.844 bits per heavy atom. The molecule has 0 amide bonds. The molecule has 3 aromatic carbocycles. The van der Waals surface area contributed by atoms with Gasteiger partial charge in [0.25, 0.3) is 0 Å². The fourth-order valence-corrected chi connectivity index (χ4v) is 3.57. The smallest absolute Gasteiger partial charge is 0.191 e. The maximum Gasteiger partial charge on any atom is 0.191 e. The number of aliphatic imine (C=N–C) groups is 1. The molecule has 170 valence electrons. The van der Waals surface area contributed by atoms with Gasteiger partial charge in [-0.2, -0.15) is 0 Å². The molecule has 0 heterocycles. The van der Waals surface area contributed by atoms with E-state index in [0.29, 0.717) is 23.9 Å². The van der Waals surface area contributed by atoms with E-state index < -0.39 is 9.84 Å². The van der Waals surface area contributed by atoms with Crippen molar-refractivity contribution in [3.8, 4) is 11.5 Å². The predicted molar refractivity (Wildman–Crippen MR) is 140 cm³/mol. The molecule has 0 spiro atoms. The number of para-hydroxylation sites is 1. The Bertz CT molecular complexity index is 1100. The average molecular weight is 565 g/mol. The average Bonchev–Trinajstić information content (AvgIpc) is 2.77. The van der Waals surface area contributed by atoms with Crippen molar-refractivity contribution in [1.82, 2.24) is 10.6 Å². The third-order valence-electron chi connectivity index (χ3n) is 4.64. The second-order valence-electron chi connectivity index (χ2n) is 7.08. The molecule has 0 aliphatic rings. The standard InChI is InChI=1S/C24H27N3O3S.HI/c1-25-24(26-17-16-19-10-14-23(15-11-19)31(2,28)29)27-18-20-8-12-22(13-9-20)30-21-6-4-3-5-7-21;/h3-15H,16-18H2,1-2H3,(H2,25,26,27);1H. The van der Waals surface area contributed by atoms with Crippen molar-refractivity contribution in [2.75, 3.05) is 19.8 Å². The summed E-state index contributed by atoms with van der Waals surface area (Å²) < 4.78 is 28.9. The van der Waals surface area contributed by atoms with Crippen molar-refractivity contribution in [2.45, 2.75) is 17.9 Å². The van der Waals surface area contributed by atoms with Crippen molar-refractivity contribution < 1.29 is 13.2 Å². The van der Waals surface area contributed by atoms with Gasteiger partial charge in [-0.3, -0.25) is 4.99 Å². The Morgan fingerprint density at radius 2 is 1.44 bits per heavy atom. The van der Waals surface area contributed by atoms with Crippen molar-refractivity contribution in [2.24, 2.45) is 4.99 Å². The molecule has 0 bridgehead atoms. The quantitative estimate of drug-likeness (QED) is 0.241. The highest BCUT2D eigenvalue weighted by Crippen LogP contribution is 2.21. The molecule has 0 saturated heterocycles. The highest BCUT2D eigenvalue weighted by atomic mass is 127. The minimum Gasteiger partial charge on any atom is -0.457 e. The first-order chi connectivity index (χ1) is 14.9.